The van der Waals surface area contributed by atoms with Crippen molar-refractivity contribution in [2.75, 3.05) is 0 Å². The minimum absolute atomic E-state index is 0.544. The number of aliphatic imine (C=N–C) groups is 1. The lowest BCUT2D eigenvalue weighted by molar-refractivity contribution is 0.669. The van der Waals surface area contributed by atoms with Crippen LogP contribution in [0.25, 0.3) is 0 Å². The highest BCUT2D eigenvalue weighted by Gasteiger charge is 2.00. The number of allylic oxidation sites excluding steroid dienone is 2. The third kappa shape index (κ3) is 5.90. The molecule has 0 spiro atoms. The third-order valence-corrected chi connectivity index (χ3v) is 1.66. The number of rotatable bonds is 4. The summed E-state index contributed by atoms with van der Waals surface area (Å²) in [5, 5.41) is 0. The fraction of sp³-hybridized carbons (Fsp3) is 0.545. The molecule has 0 fully saturated rings. The van der Waals surface area contributed by atoms with E-state index >= 15 is 0 Å². The first-order valence-electron chi connectivity index (χ1n) is 4.54. The summed E-state index contributed by atoms with van der Waals surface area (Å²) in [6.07, 6.45) is 4.72. The molecule has 0 aliphatic rings. The molecule has 70 valence electrons. The van der Waals surface area contributed by atoms with Crippen LogP contribution < -0.4 is 0 Å². The van der Waals surface area contributed by atoms with Gasteiger partial charge in [-0.2, -0.15) is 0 Å². The maximum absolute atomic E-state index is 3.69. The Kier molecular flexibility index (Phi) is 11.6. The van der Waals surface area contributed by atoms with Crippen LogP contribution in [0.15, 0.2) is 29.4 Å². The molecule has 0 heterocycles. The van der Waals surface area contributed by atoms with Gasteiger partial charge in [-0.25, -0.2) is 0 Å². The molecule has 0 aliphatic heterocycles. The Balaban J connectivity index is 0. The third-order valence-electron chi connectivity index (χ3n) is 1.66. The smallest absolute Gasteiger partial charge is 0.0295 e. The van der Waals surface area contributed by atoms with Crippen molar-refractivity contribution in [2.24, 2.45) is 10.9 Å². The maximum atomic E-state index is 3.69. The molecule has 0 radical (unpaired) electrons. The molecule has 1 heteroatoms. The van der Waals surface area contributed by atoms with E-state index in [0.717, 1.165) is 12.0 Å². The predicted octanol–water partition coefficient (Wildman–Crippen LogP) is 3.83. The van der Waals surface area contributed by atoms with Crippen molar-refractivity contribution in [2.45, 2.75) is 34.1 Å². The second kappa shape index (κ2) is 10.2. The zero-order chi connectivity index (χ0) is 9.98. The molecule has 0 N–H and O–H groups in total. The lowest BCUT2D eigenvalue weighted by atomic mass is 10.00. The average molecular weight is 167 g/mol. The summed E-state index contributed by atoms with van der Waals surface area (Å²) < 4.78 is 0. The molecule has 1 atom stereocenters. The topological polar surface area (TPSA) is 12.4 Å². The van der Waals surface area contributed by atoms with Crippen LogP contribution in [0.1, 0.15) is 34.1 Å². The van der Waals surface area contributed by atoms with E-state index in [9.17, 15) is 0 Å². The molecule has 0 aromatic carbocycles. The van der Waals surface area contributed by atoms with Crippen LogP contribution >= 0.6 is 0 Å². The van der Waals surface area contributed by atoms with Crippen molar-refractivity contribution >= 4 is 6.72 Å². The van der Waals surface area contributed by atoms with Gasteiger partial charge in [-0.05, 0) is 24.6 Å². The summed E-state index contributed by atoms with van der Waals surface area (Å²) in [6.45, 7) is 15.4. The summed E-state index contributed by atoms with van der Waals surface area (Å²) in [7, 11) is 0. The van der Waals surface area contributed by atoms with E-state index in [4.69, 9.17) is 0 Å². The molecule has 0 rings (SSSR count). The van der Waals surface area contributed by atoms with Crippen LogP contribution in [0.5, 0.6) is 0 Å². The predicted molar refractivity (Wildman–Crippen MR) is 58.6 cm³/mol. The Labute approximate surface area is 76.9 Å². The van der Waals surface area contributed by atoms with Crippen LogP contribution in [0.3, 0.4) is 0 Å². The van der Waals surface area contributed by atoms with Crippen LogP contribution in [0, 0.1) is 5.92 Å². The minimum atomic E-state index is 0.544. The molecule has 0 saturated carbocycles. The van der Waals surface area contributed by atoms with Gasteiger partial charge in [-0.15, -0.1) is 0 Å². The van der Waals surface area contributed by atoms with Crippen molar-refractivity contribution in [3.63, 3.8) is 0 Å². The van der Waals surface area contributed by atoms with E-state index in [2.05, 4.69) is 32.1 Å². The quantitative estimate of drug-likeness (QED) is 0.446. The first kappa shape index (κ1) is 13.7. The van der Waals surface area contributed by atoms with Gasteiger partial charge in [0, 0.05) is 6.20 Å². The monoisotopic (exact) mass is 167 g/mol. The molecule has 0 aromatic heterocycles. The standard InChI is InChI=1S/C9H15N.C2H6/c1-5-8(3)9(6-2)7-10-4;1-2/h6-8H,2,4-5H2,1,3H3;1-2H3/b9-7+;. The maximum Gasteiger partial charge on any atom is 0.0295 e. The largest absolute Gasteiger partial charge is 0.272 e. The second-order valence-corrected chi connectivity index (χ2v) is 2.33. The van der Waals surface area contributed by atoms with E-state index in [-0.39, 0.29) is 0 Å². The molecule has 0 saturated heterocycles. The highest BCUT2D eigenvalue weighted by molar-refractivity contribution is 5.29. The van der Waals surface area contributed by atoms with Gasteiger partial charge in [0.25, 0.3) is 0 Å². The molecule has 1 nitrogen and oxygen atoms in total. The molecule has 0 aromatic rings. The van der Waals surface area contributed by atoms with E-state index in [0.29, 0.717) is 5.92 Å². The van der Waals surface area contributed by atoms with E-state index in [1.54, 1.807) is 6.20 Å². The van der Waals surface area contributed by atoms with Gasteiger partial charge in [0.1, 0.15) is 0 Å². The first-order chi connectivity index (χ1) is 5.76. The Hall–Kier alpha value is -0.850. The Morgan fingerprint density at radius 1 is 1.50 bits per heavy atom. The lowest BCUT2D eigenvalue weighted by Crippen LogP contribution is -1.93. The second-order valence-electron chi connectivity index (χ2n) is 2.33. The fourth-order valence-electron chi connectivity index (χ4n) is 0.722. The number of hydrogen-bond acceptors (Lipinski definition) is 1. The zero-order valence-corrected chi connectivity index (χ0v) is 8.80. The first-order valence-corrected chi connectivity index (χ1v) is 4.54. The SMILES string of the molecule is C=C/C(=C\N=C)C(C)CC.CC. The normalized spacial score (nSPS) is 12.5. The van der Waals surface area contributed by atoms with Crippen molar-refractivity contribution in [3.8, 4) is 0 Å². The Morgan fingerprint density at radius 2 is 2.00 bits per heavy atom. The fourth-order valence-corrected chi connectivity index (χ4v) is 0.722. The van der Waals surface area contributed by atoms with Crippen LogP contribution in [0.2, 0.25) is 0 Å². The molecule has 0 amide bonds. The Bertz CT molecular complexity index is 145. The molecule has 0 aliphatic carbocycles. The summed E-state index contributed by atoms with van der Waals surface area (Å²) in [6, 6.07) is 0. The number of nitrogens with zero attached hydrogens (tertiary/aromatic N) is 1. The molecular weight excluding hydrogens is 146 g/mol. The summed E-state index contributed by atoms with van der Waals surface area (Å²) in [4.78, 5) is 3.69. The van der Waals surface area contributed by atoms with Gasteiger partial charge in [-0.1, -0.05) is 40.3 Å². The van der Waals surface area contributed by atoms with Crippen molar-refractivity contribution in [1.82, 2.24) is 0 Å². The van der Waals surface area contributed by atoms with Gasteiger partial charge < -0.3 is 0 Å². The van der Waals surface area contributed by atoms with E-state index in [1.165, 1.54) is 0 Å². The van der Waals surface area contributed by atoms with Gasteiger partial charge >= 0.3 is 0 Å². The molecular formula is C11H21N. The van der Waals surface area contributed by atoms with Gasteiger partial charge in [0.05, 0.1) is 0 Å². The van der Waals surface area contributed by atoms with Crippen LogP contribution in [-0.2, 0) is 0 Å². The molecule has 12 heavy (non-hydrogen) atoms. The Morgan fingerprint density at radius 3 is 2.25 bits per heavy atom. The van der Waals surface area contributed by atoms with Gasteiger partial charge in [0.15, 0.2) is 0 Å². The summed E-state index contributed by atoms with van der Waals surface area (Å²) >= 11 is 0. The average Bonchev–Trinajstić information content (AvgIpc) is 2.16. The summed E-state index contributed by atoms with van der Waals surface area (Å²) in [5.41, 5.74) is 1.16. The van der Waals surface area contributed by atoms with Crippen LogP contribution in [0.4, 0.5) is 0 Å². The van der Waals surface area contributed by atoms with Crippen molar-refractivity contribution < 1.29 is 0 Å². The van der Waals surface area contributed by atoms with Gasteiger partial charge in [0.2, 0.25) is 0 Å². The molecule has 0 bridgehead atoms. The van der Waals surface area contributed by atoms with Gasteiger partial charge in [-0.3, -0.25) is 4.99 Å². The lowest BCUT2D eigenvalue weighted by Gasteiger charge is -2.07. The van der Waals surface area contributed by atoms with Crippen molar-refractivity contribution in [3.05, 3.63) is 24.4 Å². The van der Waals surface area contributed by atoms with E-state index in [1.807, 2.05) is 19.9 Å². The van der Waals surface area contributed by atoms with E-state index < -0.39 is 0 Å². The summed E-state index contributed by atoms with van der Waals surface area (Å²) in [5.74, 6) is 0.544. The molecule has 1 unspecified atom stereocenters. The highest BCUT2D eigenvalue weighted by atomic mass is 14.6. The zero-order valence-electron chi connectivity index (χ0n) is 8.80. The number of hydrogen-bond donors (Lipinski definition) is 0. The van der Waals surface area contributed by atoms with Crippen molar-refractivity contribution in [1.29, 1.82) is 0 Å². The highest BCUT2D eigenvalue weighted by Crippen LogP contribution is 2.14. The minimum Gasteiger partial charge on any atom is -0.272 e. The van der Waals surface area contributed by atoms with Crippen LogP contribution in [-0.4, -0.2) is 6.72 Å².